The molecule has 1 aromatic rings. The molecule has 15 heavy (non-hydrogen) atoms. The first kappa shape index (κ1) is 12.1. The van der Waals surface area contributed by atoms with E-state index in [-0.39, 0.29) is 0 Å². The molecular formula is C12H16O2S. The SMILES string of the molecule is Cc1cc(C(=O)O)ccc1CSC(C)C. The first-order valence-corrected chi connectivity index (χ1v) is 6.00. The summed E-state index contributed by atoms with van der Waals surface area (Å²) >= 11 is 1.87. The van der Waals surface area contributed by atoms with E-state index in [1.807, 2.05) is 24.8 Å². The van der Waals surface area contributed by atoms with Crippen LogP contribution in [-0.2, 0) is 5.75 Å². The molecule has 0 saturated heterocycles. The van der Waals surface area contributed by atoms with E-state index in [1.165, 1.54) is 5.56 Å². The van der Waals surface area contributed by atoms with Crippen LogP contribution in [0.25, 0.3) is 0 Å². The molecule has 1 aromatic carbocycles. The van der Waals surface area contributed by atoms with Crippen molar-refractivity contribution >= 4 is 17.7 Å². The van der Waals surface area contributed by atoms with E-state index < -0.39 is 5.97 Å². The molecule has 0 radical (unpaired) electrons. The average Bonchev–Trinajstić information content (AvgIpc) is 2.15. The van der Waals surface area contributed by atoms with Crippen molar-refractivity contribution in [3.8, 4) is 0 Å². The second kappa shape index (κ2) is 5.21. The highest BCUT2D eigenvalue weighted by molar-refractivity contribution is 7.99. The molecule has 82 valence electrons. The van der Waals surface area contributed by atoms with Gasteiger partial charge in [0.2, 0.25) is 0 Å². The van der Waals surface area contributed by atoms with Gasteiger partial charge in [-0.3, -0.25) is 0 Å². The summed E-state index contributed by atoms with van der Waals surface area (Å²) in [5.41, 5.74) is 2.65. The van der Waals surface area contributed by atoms with Gasteiger partial charge in [0, 0.05) is 5.75 Å². The number of carboxylic acids is 1. The minimum absolute atomic E-state index is 0.366. The summed E-state index contributed by atoms with van der Waals surface area (Å²) in [5, 5.41) is 9.41. The van der Waals surface area contributed by atoms with Gasteiger partial charge in [-0.15, -0.1) is 0 Å². The standard InChI is InChI=1S/C12H16O2S/c1-8(2)15-7-11-5-4-10(12(13)14)6-9(11)3/h4-6,8H,7H2,1-3H3,(H,13,14). The number of rotatable bonds is 4. The van der Waals surface area contributed by atoms with Crippen LogP contribution in [0.3, 0.4) is 0 Å². The molecule has 0 fully saturated rings. The molecule has 0 atom stereocenters. The van der Waals surface area contributed by atoms with Gasteiger partial charge in [-0.1, -0.05) is 19.9 Å². The van der Waals surface area contributed by atoms with Crippen LogP contribution in [-0.4, -0.2) is 16.3 Å². The second-order valence-corrected chi connectivity index (χ2v) is 5.37. The smallest absolute Gasteiger partial charge is 0.335 e. The lowest BCUT2D eigenvalue weighted by atomic mass is 10.1. The largest absolute Gasteiger partial charge is 0.478 e. The highest BCUT2D eigenvalue weighted by atomic mass is 32.2. The van der Waals surface area contributed by atoms with E-state index in [0.717, 1.165) is 11.3 Å². The van der Waals surface area contributed by atoms with Crippen molar-refractivity contribution in [2.75, 3.05) is 0 Å². The molecule has 0 heterocycles. The highest BCUT2D eigenvalue weighted by Gasteiger charge is 2.06. The fraction of sp³-hybridized carbons (Fsp3) is 0.417. The Morgan fingerprint density at radius 3 is 2.60 bits per heavy atom. The van der Waals surface area contributed by atoms with Crippen LogP contribution >= 0.6 is 11.8 Å². The lowest BCUT2D eigenvalue weighted by Crippen LogP contribution is -1.99. The van der Waals surface area contributed by atoms with Gasteiger partial charge >= 0.3 is 5.97 Å². The third-order valence-electron chi connectivity index (χ3n) is 2.16. The zero-order valence-corrected chi connectivity index (χ0v) is 10.1. The van der Waals surface area contributed by atoms with E-state index in [4.69, 9.17) is 5.11 Å². The predicted molar refractivity (Wildman–Crippen MR) is 64.6 cm³/mol. The Morgan fingerprint density at radius 2 is 2.13 bits per heavy atom. The third-order valence-corrected chi connectivity index (χ3v) is 3.31. The van der Waals surface area contributed by atoms with E-state index in [9.17, 15) is 4.79 Å². The van der Waals surface area contributed by atoms with E-state index >= 15 is 0 Å². The maximum Gasteiger partial charge on any atom is 0.335 e. The van der Waals surface area contributed by atoms with Gasteiger partial charge in [0.1, 0.15) is 0 Å². The molecule has 0 aromatic heterocycles. The first-order chi connectivity index (χ1) is 7.00. The van der Waals surface area contributed by atoms with Crippen molar-refractivity contribution < 1.29 is 9.90 Å². The molecule has 0 aliphatic carbocycles. The molecule has 0 amide bonds. The summed E-state index contributed by atoms with van der Waals surface area (Å²) in [6.07, 6.45) is 0. The van der Waals surface area contributed by atoms with Crippen molar-refractivity contribution in [1.82, 2.24) is 0 Å². The number of hydrogen-bond acceptors (Lipinski definition) is 2. The molecule has 0 bridgehead atoms. The summed E-state index contributed by atoms with van der Waals surface area (Å²) in [6.45, 7) is 6.28. The van der Waals surface area contributed by atoms with Gasteiger partial charge in [0.05, 0.1) is 5.56 Å². The Labute approximate surface area is 94.7 Å². The van der Waals surface area contributed by atoms with Gasteiger partial charge in [-0.25, -0.2) is 4.79 Å². The van der Waals surface area contributed by atoms with Crippen LogP contribution in [0.1, 0.15) is 35.3 Å². The number of carbonyl (C=O) groups is 1. The van der Waals surface area contributed by atoms with E-state index in [1.54, 1.807) is 12.1 Å². The van der Waals surface area contributed by atoms with E-state index in [0.29, 0.717) is 10.8 Å². The van der Waals surface area contributed by atoms with Crippen molar-refractivity contribution in [3.63, 3.8) is 0 Å². The summed E-state index contributed by atoms with van der Waals surface area (Å²) < 4.78 is 0. The molecule has 0 unspecified atom stereocenters. The maximum absolute atomic E-state index is 10.7. The van der Waals surface area contributed by atoms with Gasteiger partial charge in [0.25, 0.3) is 0 Å². The first-order valence-electron chi connectivity index (χ1n) is 4.95. The predicted octanol–water partition coefficient (Wildman–Crippen LogP) is 3.33. The van der Waals surface area contributed by atoms with Gasteiger partial charge in [-0.2, -0.15) is 11.8 Å². The quantitative estimate of drug-likeness (QED) is 0.852. The minimum Gasteiger partial charge on any atom is -0.478 e. The third kappa shape index (κ3) is 3.59. The number of aromatic carboxylic acids is 1. The molecule has 1 N–H and O–H groups in total. The molecule has 0 aliphatic heterocycles. The number of thioether (sulfide) groups is 1. The normalized spacial score (nSPS) is 10.7. The van der Waals surface area contributed by atoms with Crippen molar-refractivity contribution in [3.05, 3.63) is 34.9 Å². The number of aryl methyl sites for hydroxylation is 1. The Kier molecular flexibility index (Phi) is 4.21. The molecular weight excluding hydrogens is 208 g/mol. The summed E-state index contributed by atoms with van der Waals surface area (Å²) in [6, 6.07) is 5.32. The zero-order chi connectivity index (χ0) is 11.4. The Morgan fingerprint density at radius 1 is 1.47 bits per heavy atom. The van der Waals surface area contributed by atoms with Crippen LogP contribution in [0.4, 0.5) is 0 Å². The van der Waals surface area contributed by atoms with Crippen LogP contribution in [0.5, 0.6) is 0 Å². The van der Waals surface area contributed by atoms with Crippen LogP contribution in [0.15, 0.2) is 18.2 Å². The molecule has 0 spiro atoms. The van der Waals surface area contributed by atoms with Crippen LogP contribution in [0, 0.1) is 6.92 Å². The average molecular weight is 224 g/mol. The summed E-state index contributed by atoms with van der Waals surface area (Å²) in [7, 11) is 0. The Bertz CT molecular complexity index is 359. The molecule has 0 aliphatic rings. The zero-order valence-electron chi connectivity index (χ0n) is 9.28. The lowest BCUT2D eigenvalue weighted by Gasteiger charge is -2.08. The van der Waals surface area contributed by atoms with Gasteiger partial charge < -0.3 is 5.11 Å². The van der Waals surface area contributed by atoms with Crippen molar-refractivity contribution in [2.45, 2.75) is 31.8 Å². The lowest BCUT2D eigenvalue weighted by molar-refractivity contribution is 0.0697. The number of benzene rings is 1. The van der Waals surface area contributed by atoms with Crippen molar-refractivity contribution in [1.29, 1.82) is 0 Å². The monoisotopic (exact) mass is 224 g/mol. The van der Waals surface area contributed by atoms with Crippen LogP contribution in [0.2, 0.25) is 0 Å². The maximum atomic E-state index is 10.7. The Balaban J connectivity index is 2.79. The Hall–Kier alpha value is -0.960. The van der Waals surface area contributed by atoms with Gasteiger partial charge in [0.15, 0.2) is 0 Å². The van der Waals surface area contributed by atoms with Crippen molar-refractivity contribution in [2.24, 2.45) is 0 Å². The highest BCUT2D eigenvalue weighted by Crippen LogP contribution is 2.20. The number of hydrogen-bond donors (Lipinski definition) is 1. The van der Waals surface area contributed by atoms with Crippen LogP contribution < -0.4 is 0 Å². The number of carboxylic acid groups (broad SMARTS) is 1. The molecule has 2 nitrogen and oxygen atoms in total. The molecule has 1 rings (SSSR count). The summed E-state index contributed by atoms with van der Waals surface area (Å²) in [5.74, 6) is 0.0878. The fourth-order valence-corrected chi connectivity index (χ4v) is 2.08. The van der Waals surface area contributed by atoms with Gasteiger partial charge in [-0.05, 0) is 35.4 Å². The minimum atomic E-state index is -0.860. The molecule has 3 heteroatoms. The fourth-order valence-electron chi connectivity index (χ4n) is 1.25. The topological polar surface area (TPSA) is 37.3 Å². The second-order valence-electron chi connectivity index (χ2n) is 3.81. The summed E-state index contributed by atoms with van der Waals surface area (Å²) in [4.78, 5) is 10.7. The van der Waals surface area contributed by atoms with E-state index in [2.05, 4.69) is 13.8 Å². The molecule has 0 saturated carbocycles.